The summed E-state index contributed by atoms with van der Waals surface area (Å²) in [6, 6.07) is 3.79. The van der Waals surface area contributed by atoms with E-state index in [0.717, 1.165) is 18.0 Å². The summed E-state index contributed by atoms with van der Waals surface area (Å²) in [4.78, 5) is 10.7. The van der Waals surface area contributed by atoms with Gasteiger partial charge in [0.15, 0.2) is 0 Å². The molecule has 94 valence electrons. The molecule has 0 aromatic carbocycles. The molecule has 0 atom stereocenters. The molecule has 5 heteroatoms. The minimum Gasteiger partial charge on any atom is -0.338 e. The fraction of sp³-hybridized carbons (Fsp3) is 0.462. The molecule has 1 aliphatic rings. The van der Waals surface area contributed by atoms with Gasteiger partial charge < -0.3 is 4.52 Å². The van der Waals surface area contributed by atoms with Crippen molar-refractivity contribution in [3.05, 3.63) is 30.4 Å². The lowest BCUT2D eigenvalue weighted by Gasteiger charge is -2.12. The van der Waals surface area contributed by atoms with Gasteiger partial charge in [0.05, 0.1) is 6.54 Å². The van der Waals surface area contributed by atoms with Crippen molar-refractivity contribution in [1.29, 1.82) is 0 Å². The number of rotatable bonds is 5. The highest BCUT2D eigenvalue weighted by Crippen LogP contribution is 2.29. The molecule has 1 fully saturated rings. The Labute approximate surface area is 106 Å². The molecule has 18 heavy (non-hydrogen) atoms. The second-order valence-corrected chi connectivity index (χ2v) is 4.89. The number of nitrogens with zero attached hydrogens (tertiary/aromatic N) is 4. The van der Waals surface area contributed by atoms with Crippen molar-refractivity contribution in [2.24, 2.45) is 5.92 Å². The van der Waals surface area contributed by atoms with Crippen molar-refractivity contribution in [2.45, 2.75) is 19.4 Å². The van der Waals surface area contributed by atoms with Crippen LogP contribution in [0.25, 0.3) is 11.4 Å². The van der Waals surface area contributed by atoms with E-state index in [4.69, 9.17) is 4.52 Å². The Morgan fingerprint density at radius 1 is 1.44 bits per heavy atom. The Kier molecular flexibility index (Phi) is 3.06. The first kappa shape index (κ1) is 11.3. The van der Waals surface area contributed by atoms with Gasteiger partial charge in [-0.15, -0.1) is 0 Å². The van der Waals surface area contributed by atoms with Gasteiger partial charge in [-0.3, -0.25) is 9.88 Å². The summed E-state index contributed by atoms with van der Waals surface area (Å²) < 4.78 is 5.26. The molecular formula is C13H16N4O. The minimum absolute atomic E-state index is 0.609. The van der Waals surface area contributed by atoms with E-state index in [2.05, 4.69) is 27.1 Å². The van der Waals surface area contributed by atoms with Crippen molar-refractivity contribution in [3.63, 3.8) is 0 Å². The molecule has 0 bridgehead atoms. The van der Waals surface area contributed by atoms with E-state index in [-0.39, 0.29) is 0 Å². The van der Waals surface area contributed by atoms with Crippen LogP contribution < -0.4 is 0 Å². The fourth-order valence-electron chi connectivity index (χ4n) is 1.97. The lowest BCUT2D eigenvalue weighted by molar-refractivity contribution is 0.259. The number of aromatic nitrogens is 3. The first-order chi connectivity index (χ1) is 8.81. The second-order valence-electron chi connectivity index (χ2n) is 4.89. The smallest absolute Gasteiger partial charge is 0.241 e. The first-order valence-corrected chi connectivity index (χ1v) is 6.23. The first-order valence-electron chi connectivity index (χ1n) is 6.23. The quantitative estimate of drug-likeness (QED) is 0.805. The molecule has 0 radical (unpaired) electrons. The Bertz CT molecular complexity index is 507. The lowest BCUT2D eigenvalue weighted by Crippen LogP contribution is -2.20. The summed E-state index contributed by atoms with van der Waals surface area (Å²) in [5.74, 6) is 2.14. The highest BCUT2D eigenvalue weighted by Gasteiger charge is 2.23. The topological polar surface area (TPSA) is 55.1 Å². The van der Waals surface area contributed by atoms with E-state index in [0.29, 0.717) is 18.3 Å². The molecular weight excluding hydrogens is 228 g/mol. The van der Waals surface area contributed by atoms with Crippen LogP contribution in [0.4, 0.5) is 0 Å². The molecule has 0 unspecified atom stereocenters. The fourth-order valence-corrected chi connectivity index (χ4v) is 1.97. The van der Waals surface area contributed by atoms with Gasteiger partial charge in [-0.05, 0) is 37.9 Å². The van der Waals surface area contributed by atoms with Crippen molar-refractivity contribution < 1.29 is 4.52 Å². The van der Waals surface area contributed by atoms with Crippen molar-refractivity contribution in [1.82, 2.24) is 20.0 Å². The third-order valence-corrected chi connectivity index (χ3v) is 3.06. The second kappa shape index (κ2) is 4.86. The highest BCUT2D eigenvalue weighted by molar-refractivity contribution is 5.51. The predicted octanol–water partition coefficient (Wildman–Crippen LogP) is 1.97. The van der Waals surface area contributed by atoms with E-state index in [1.54, 1.807) is 12.4 Å². The van der Waals surface area contributed by atoms with Crippen LogP contribution in [0, 0.1) is 5.92 Å². The lowest BCUT2D eigenvalue weighted by atomic mass is 10.3. The Morgan fingerprint density at radius 3 is 3.06 bits per heavy atom. The summed E-state index contributed by atoms with van der Waals surface area (Å²) in [5.41, 5.74) is 0.886. The van der Waals surface area contributed by atoms with Crippen molar-refractivity contribution in [2.75, 3.05) is 13.6 Å². The molecule has 2 aromatic rings. The molecule has 0 N–H and O–H groups in total. The van der Waals surface area contributed by atoms with E-state index < -0.39 is 0 Å². The van der Waals surface area contributed by atoms with Crippen LogP contribution in [0.3, 0.4) is 0 Å². The average Bonchev–Trinajstić information content (AvgIpc) is 3.06. The average molecular weight is 244 g/mol. The van der Waals surface area contributed by atoms with Gasteiger partial charge in [0.1, 0.15) is 0 Å². The zero-order valence-corrected chi connectivity index (χ0v) is 10.4. The van der Waals surface area contributed by atoms with Crippen LogP contribution in [0.1, 0.15) is 18.7 Å². The molecule has 1 aliphatic carbocycles. The SMILES string of the molecule is CN(Cc1nc(-c2cccnc2)no1)CC1CC1. The number of hydrogen-bond acceptors (Lipinski definition) is 5. The van der Waals surface area contributed by atoms with Gasteiger partial charge in [0, 0.05) is 24.5 Å². The van der Waals surface area contributed by atoms with Gasteiger partial charge >= 0.3 is 0 Å². The van der Waals surface area contributed by atoms with E-state index in [1.807, 2.05) is 12.1 Å². The molecule has 2 aromatic heterocycles. The summed E-state index contributed by atoms with van der Waals surface area (Å²) in [6.45, 7) is 1.83. The van der Waals surface area contributed by atoms with Gasteiger partial charge in [-0.25, -0.2) is 0 Å². The zero-order chi connectivity index (χ0) is 12.4. The van der Waals surface area contributed by atoms with Crippen LogP contribution >= 0.6 is 0 Å². The predicted molar refractivity (Wildman–Crippen MR) is 66.6 cm³/mol. The van der Waals surface area contributed by atoms with Crippen LogP contribution in [0.15, 0.2) is 29.0 Å². The minimum atomic E-state index is 0.609. The molecule has 0 saturated heterocycles. The highest BCUT2D eigenvalue weighted by atomic mass is 16.5. The summed E-state index contributed by atoms with van der Waals surface area (Å²) in [6.07, 6.45) is 6.18. The Morgan fingerprint density at radius 2 is 2.33 bits per heavy atom. The van der Waals surface area contributed by atoms with Gasteiger partial charge in [-0.2, -0.15) is 4.98 Å². The number of pyridine rings is 1. The van der Waals surface area contributed by atoms with Crippen LogP contribution in [0.2, 0.25) is 0 Å². The molecule has 2 heterocycles. The van der Waals surface area contributed by atoms with Crippen LogP contribution in [-0.4, -0.2) is 33.6 Å². The molecule has 5 nitrogen and oxygen atoms in total. The third-order valence-electron chi connectivity index (χ3n) is 3.06. The van der Waals surface area contributed by atoms with Crippen molar-refractivity contribution >= 4 is 0 Å². The molecule has 1 saturated carbocycles. The van der Waals surface area contributed by atoms with Crippen LogP contribution in [0.5, 0.6) is 0 Å². The summed E-state index contributed by atoms with van der Waals surface area (Å²) >= 11 is 0. The van der Waals surface area contributed by atoms with Crippen molar-refractivity contribution in [3.8, 4) is 11.4 Å². The number of hydrogen-bond donors (Lipinski definition) is 0. The maximum Gasteiger partial charge on any atom is 0.241 e. The standard InChI is InChI=1S/C13H16N4O/c1-17(8-10-4-5-10)9-12-15-13(16-18-12)11-3-2-6-14-7-11/h2-3,6-7,10H,4-5,8-9H2,1H3. The Balaban J connectivity index is 1.65. The molecule has 0 spiro atoms. The zero-order valence-electron chi connectivity index (χ0n) is 10.4. The van der Waals surface area contributed by atoms with Gasteiger partial charge in [0.2, 0.25) is 11.7 Å². The van der Waals surface area contributed by atoms with E-state index in [9.17, 15) is 0 Å². The summed E-state index contributed by atoms with van der Waals surface area (Å²) in [5, 5.41) is 3.98. The third kappa shape index (κ3) is 2.73. The Hall–Kier alpha value is -1.75. The maximum absolute atomic E-state index is 5.26. The van der Waals surface area contributed by atoms with E-state index in [1.165, 1.54) is 12.8 Å². The normalized spacial score (nSPS) is 15.2. The van der Waals surface area contributed by atoms with E-state index >= 15 is 0 Å². The maximum atomic E-state index is 5.26. The van der Waals surface area contributed by atoms with Gasteiger partial charge in [-0.1, -0.05) is 5.16 Å². The summed E-state index contributed by atoms with van der Waals surface area (Å²) in [7, 11) is 2.09. The molecule has 3 rings (SSSR count). The van der Waals surface area contributed by atoms with Gasteiger partial charge in [0.25, 0.3) is 0 Å². The largest absolute Gasteiger partial charge is 0.338 e. The molecule has 0 aliphatic heterocycles. The monoisotopic (exact) mass is 244 g/mol. The van der Waals surface area contributed by atoms with Crippen LogP contribution in [-0.2, 0) is 6.54 Å². The molecule has 0 amide bonds.